The zero-order valence-electron chi connectivity index (χ0n) is 14.9. The molecule has 27 heavy (non-hydrogen) atoms. The smallest absolute Gasteiger partial charge is 0.267 e. The van der Waals surface area contributed by atoms with Crippen LogP contribution in [-0.2, 0) is 0 Å². The number of nitrogens with one attached hydrogen (secondary N) is 1. The highest BCUT2D eigenvalue weighted by molar-refractivity contribution is 7.21. The summed E-state index contributed by atoms with van der Waals surface area (Å²) in [5, 5.41) is 14.4. The number of nitrogens with two attached hydrogens (primary N) is 1. The molecule has 0 bridgehead atoms. The number of anilines is 2. The molecule has 4 N–H and O–H groups in total. The van der Waals surface area contributed by atoms with Crippen LogP contribution in [0.3, 0.4) is 0 Å². The fraction of sp³-hybridized carbons (Fsp3) is 0.150. The molecule has 1 unspecified atom stereocenters. The van der Waals surface area contributed by atoms with Crippen molar-refractivity contribution in [2.24, 2.45) is 0 Å². The van der Waals surface area contributed by atoms with Gasteiger partial charge in [-0.15, -0.1) is 11.3 Å². The number of nitrogen functional groups attached to an aromatic ring is 1. The first-order valence-electron chi connectivity index (χ1n) is 8.48. The van der Waals surface area contributed by atoms with Crippen molar-refractivity contribution in [3.8, 4) is 0 Å². The van der Waals surface area contributed by atoms with Crippen LogP contribution in [0.2, 0.25) is 0 Å². The molecule has 0 aliphatic rings. The van der Waals surface area contributed by atoms with E-state index in [0.29, 0.717) is 32.0 Å². The zero-order chi connectivity index (χ0) is 19.1. The molecule has 4 rings (SSSR count). The van der Waals surface area contributed by atoms with E-state index in [1.807, 2.05) is 43.3 Å². The Labute approximate surface area is 159 Å². The van der Waals surface area contributed by atoms with Crippen LogP contribution in [0.1, 0.15) is 34.0 Å². The lowest BCUT2D eigenvalue weighted by atomic mass is 10.1. The molecular weight excluding hydrogens is 360 g/mol. The van der Waals surface area contributed by atoms with Crippen LogP contribution in [0, 0.1) is 6.92 Å². The summed E-state index contributed by atoms with van der Waals surface area (Å²) in [7, 11) is 0. The SMILES string of the molecule is Cc1nc2sc(C(=O)Nc3cccc4ncccc34)c(N)c2cc1C(C)O. The average molecular weight is 378 g/mol. The van der Waals surface area contributed by atoms with E-state index in [4.69, 9.17) is 5.73 Å². The van der Waals surface area contributed by atoms with Gasteiger partial charge < -0.3 is 16.2 Å². The molecule has 136 valence electrons. The van der Waals surface area contributed by atoms with Crippen molar-refractivity contribution in [3.63, 3.8) is 0 Å². The van der Waals surface area contributed by atoms with Crippen molar-refractivity contribution in [3.05, 3.63) is 58.7 Å². The number of nitrogens with zero attached hydrogens (tertiary/aromatic N) is 2. The number of aryl methyl sites for hydroxylation is 1. The van der Waals surface area contributed by atoms with Crippen LogP contribution in [-0.4, -0.2) is 21.0 Å². The van der Waals surface area contributed by atoms with Crippen LogP contribution in [0.15, 0.2) is 42.6 Å². The summed E-state index contributed by atoms with van der Waals surface area (Å²) < 4.78 is 0. The van der Waals surface area contributed by atoms with E-state index in [0.717, 1.165) is 16.6 Å². The first-order valence-corrected chi connectivity index (χ1v) is 9.30. The van der Waals surface area contributed by atoms with Crippen LogP contribution >= 0.6 is 11.3 Å². The number of aliphatic hydroxyl groups is 1. The van der Waals surface area contributed by atoms with Gasteiger partial charge in [-0.05, 0) is 44.2 Å². The molecule has 1 amide bonds. The highest BCUT2D eigenvalue weighted by Gasteiger charge is 2.20. The first kappa shape index (κ1) is 17.4. The standard InChI is InChI=1S/C20H18N4O2S/c1-10-13(11(2)25)9-14-17(21)18(27-20(14)23-10)19(26)24-16-7-3-6-15-12(16)5-4-8-22-15/h3-9,11,25H,21H2,1-2H3,(H,24,26). The molecule has 3 aromatic heterocycles. The van der Waals surface area contributed by atoms with Gasteiger partial charge in [0.1, 0.15) is 9.71 Å². The van der Waals surface area contributed by atoms with E-state index >= 15 is 0 Å². The quantitative estimate of drug-likeness (QED) is 0.499. The van der Waals surface area contributed by atoms with Crippen molar-refractivity contribution in [1.82, 2.24) is 9.97 Å². The minimum atomic E-state index is -0.651. The molecule has 0 saturated carbocycles. The number of aromatic nitrogens is 2. The Morgan fingerprint density at radius 2 is 2.07 bits per heavy atom. The number of amides is 1. The fourth-order valence-electron chi connectivity index (χ4n) is 3.13. The van der Waals surface area contributed by atoms with E-state index in [2.05, 4.69) is 15.3 Å². The molecule has 0 radical (unpaired) electrons. The van der Waals surface area contributed by atoms with Crippen molar-refractivity contribution >= 4 is 49.7 Å². The zero-order valence-corrected chi connectivity index (χ0v) is 15.7. The van der Waals surface area contributed by atoms with Gasteiger partial charge in [0.2, 0.25) is 0 Å². The number of aliphatic hydroxyl groups excluding tert-OH is 1. The normalized spacial score (nSPS) is 12.4. The first-order chi connectivity index (χ1) is 13.0. The van der Waals surface area contributed by atoms with Crippen molar-refractivity contribution in [2.45, 2.75) is 20.0 Å². The number of carbonyl (C=O) groups excluding carboxylic acids is 1. The number of pyridine rings is 2. The minimum Gasteiger partial charge on any atom is -0.397 e. The Kier molecular flexibility index (Phi) is 4.25. The monoisotopic (exact) mass is 378 g/mol. The van der Waals surface area contributed by atoms with Gasteiger partial charge in [-0.25, -0.2) is 4.98 Å². The number of benzene rings is 1. The number of carbonyl (C=O) groups is 1. The van der Waals surface area contributed by atoms with Gasteiger partial charge in [-0.3, -0.25) is 9.78 Å². The molecule has 7 heteroatoms. The second-order valence-corrected chi connectivity index (χ2v) is 7.37. The maximum absolute atomic E-state index is 12.9. The molecule has 0 aliphatic carbocycles. The van der Waals surface area contributed by atoms with Crippen LogP contribution in [0.5, 0.6) is 0 Å². The summed E-state index contributed by atoms with van der Waals surface area (Å²) in [5.74, 6) is -0.289. The molecule has 0 spiro atoms. The molecular formula is C20H18N4O2S. The molecule has 0 aliphatic heterocycles. The molecule has 1 aromatic carbocycles. The minimum absolute atomic E-state index is 0.289. The lowest BCUT2D eigenvalue weighted by molar-refractivity contribution is 0.103. The number of hydrogen-bond acceptors (Lipinski definition) is 6. The van der Waals surface area contributed by atoms with Gasteiger partial charge >= 0.3 is 0 Å². The highest BCUT2D eigenvalue weighted by atomic mass is 32.1. The van der Waals surface area contributed by atoms with Gasteiger partial charge in [0.05, 0.1) is 23.0 Å². The summed E-state index contributed by atoms with van der Waals surface area (Å²) in [6.07, 6.45) is 1.06. The third-order valence-corrected chi connectivity index (χ3v) is 5.61. The second-order valence-electron chi connectivity index (χ2n) is 6.37. The molecule has 6 nitrogen and oxygen atoms in total. The van der Waals surface area contributed by atoms with Gasteiger partial charge in [-0.2, -0.15) is 0 Å². The third-order valence-electron chi connectivity index (χ3n) is 4.50. The van der Waals surface area contributed by atoms with Crippen molar-refractivity contribution in [2.75, 3.05) is 11.1 Å². The molecule has 4 aromatic rings. The van der Waals surface area contributed by atoms with Crippen LogP contribution < -0.4 is 11.1 Å². The molecule has 0 saturated heterocycles. The van der Waals surface area contributed by atoms with E-state index in [-0.39, 0.29) is 5.91 Å². The van der Waals surface area contributed by atoms with Crippen molar-refractivity contribution < 1.29 is 9.90 Å². The Morgan fingerprint density at radius 3 is 2.85 bits per heavy atom. The number of hydrogen-bond donors (Lipinski definition) is 3. The predicted octanol–water partition coefficient (Wildman–Crippen LogP) is 4.04. The van der Waals surface area contributed by atoms with Gasteiger partial charge in [0.25, 0.3) is 5.91 Å². The Balaban J connectivity index is 1.75. The number of rotatable bonds is 3. The number of fused-ring (bicyclic) bond motifs is 2. The summed E-state index contributed by atoms with van der Waals surface area (Å²) in [5.41, 5.74) is 9.53. The molecule has 1 atom stereocenters. The largest absolute Gasteiger partial charge is 0.397 e. The van der Waals surface area contributed by atoms with E-state index in [1.54, 1.807) is 13.1 Å². The van der Waals surface area contributed by atoms with Gasteiger partial charge in [0.15, 0.2) is 0 Å². The fourth-order valence-corrected chi connectivity index (χ4v) is 4.14. The highest BCUT2D eigenvalue weighted by Crippen LogP contribution is 2.35. The van der Waals surface area contributed by atoms with Gasteiger partial charge in [0, 0.05) is 28.2 Å². The van der Waals surface area contributed by atoms with Crippen LogP contribution in [0.4, 0.5) is 11.4 Å². The lowest BCUT2D eigenvalue weighted by Gasteiger charge is -2.08. The van der Waals surface area contributed by atoms with E-state index < -0.39 is 6.10 Å². The predicted molar refractivity (Wildman–Crippen MR) is 109 cm³/mol. The Morgan fingerprint density at radius 1 is 1.26 bits per heavy atom. The summed E-state index contributed by atoms with van der Waals surface area (Å²) >= 11 is 1.25. The maximum Gasteiger partial charge on any atom is 0.267 e. The Hall–Kier alpha value is -3.03. The van der Waals surface area contributed by atoms with E-state index in [9.17, 15) is 9.90 Å². The summed E-state index contributed by atoms with van der Waals surface area (Å²) in [6.45, 7) is 3.51. The maximum atomic E-state index is 12.9. The summed E-state index contributed by atoms with van der Waals surface area (Å²) in [4.78, 5) is 22.8. The van der Waals surface area contributed by atoms with Crippen LogP contribution in [0.25, 0.3) is 21.1 Å². The lowest BCUT2D eigenvalue weighted by Crippen LogP contribution is -2.12. The van der Waals surface area contributed by atoms with E-state index in [1.165, 1.54) is 11.3 Å². The molecule has 0 fully saturated rings. The number of thiophene rings is 1. The third kappa shape index (κ3) is 3.01. The average Bonchev–Trinajstić information content (AvgIpc) is 2.97. The molecule has 3 heterocycles. The topological polar surface area (TPSA) is 101 Å². The summed E-state index contributed by atoms with van der Waals surface area (Å²) in [6, 6.07) is 11.1. The van der Waals surface area contributed by atoms with Crippen molar-refractivity contribution in [1.29, 1.82) is 0 Å². The van der Waals surface area contributed by atoms with Gasteiger partial charge in [-0.1, -0.05) is 6.07 Å². The Bertz CT molecular complexity index is 1180. The second kappa shape index (κ2) is 6.61.